The Hall–Kier alpha value is -1.59. The molecular formula is C18H33NO5. The van der Waals surface area contributed by atoms with E-state index >= 15 is 0 Å². The quantitative estimate of drug-likeness (QED) is 0.628. The van der Waals surface area contributed by atoms with Gasteiger partial charge in [0, 0.05) is 5.92 Å². The molecule has 6 nitrogen and oxygen atoms in total. The first-order chi connectivity index (χ1) is 10.8. The minimum atomic E-state index is -1.06. The smallest absolute Gasteiger partial charge is 0.326 e. The number of carbonyl (C=O) groups excluding carboxylic acids is 2. The molecule has 0 saturated carbocycles. The SMILES string of the molecule is CC(C)CC(CC(=O)OC(C)(C)C)C(=O)N[C@@H](CC(C)C)C(=O)O. The van der Waals surface area contributed by atoms with Crippen molar-refractivity contribution in [1.82, 2.24) is 5.32 Å². The highest BCUT2D eigenvalue weighted by Gasteiger charge is 2.29. The number of aliphatic carboxylic acids is 1. The molecular weight excluding hydrogens is 310 g/mol. The Kier molecular flexibility index (Phi) is 9.01. The zero-order valence-electron chi connectivity index (χ0n) is 16.0. The second-order valence-corrected chi connectivity index (χ2v) is 8.15. The molecule has 0 aliphatic carbocycles. The van der Waals surface area contributed by atoms with Crippen LogP contribution in [0, 0.1) is 17.8 Å². The highest BCUT2D eigenvalue weighted by atomic mass is 16.6. The van der Waals surface area contributed by atoms with Crippen molar-refractivity contribution < 1.29 is 24.2 Å². The van der Waals surface area contributed by atoms with Gasteiger partial charge in [0.1, 0.15) is 11.6 Å². The van der Waals surface area contributed by atoms with Crippen molar-refractivity contribution in [1.29, 1.82) is 0 Å². The first-order valence-electron chi connectivity index (χ1n) is 8.56. The zero-order valence-corrected chi connectivity index (χ0v) is 16.0. The van der Waals surface area contributed by atoms with E-state index in [1.165, 1.54) is 0 Å². The second kappa shape index (κ2) is 9.64. The van der Waals surface area contributed by atoms with Crippen LogP contribution in [-0.4, -0.2) is 34.6 Å². The number of rotatable bonds is 9. The predicted octanol–water partition coefficient (Wildman–Crippen LogP) is 3.00. The minimum Gasteiger partial charge on any atom is -0.480 e. The highest BCUT2D eigenvalue weighted by Crippen LogP contribution is 2.19. The lowest BCUT2D eigenvalue weighted by molar-refractivity contribution is -0.157. The number of ether oxygens (including phenoxy) is 1. The van der Waals surface area contributed by atoms with Crippen LogP contribution in [0.25, 0.3) is 0 Å². The Balaban J connectivity index is 4.98. The number of hydrogen-bond donors (Lipinski definition) is 2. The van der Waals surface area contributed by atoms with Gasteiger partial charge in [-0.25, -0.2) is 4.79 Å². The Bertz CT molecular complexity index is 437. The van der Waals surface area contributed by atoms with Crippen molar-refractivity contribution in [3.63, 3.8) is 0 Å². The molecule has 0 rings (SSSR count). The summed E-state index contributed by atoms with van der Waals surface area (Å²) in [4.78, 5) is 35.8. The van der Waals surface area contributed by atoms with Gasteiger partial charge in [0.05, 0.1) is 6.42 Å². The second-order valence-electron chi connectivity index (χ2n) is 8.15. The van der Waals surface area contributed by atoms with E-state index in [9.17, 15) is 19.5 Å². The topological polar surface area (TPSA) is 92.7 Å². The Morgan fingerprint density at radius 2 is 1.50 bits per heavy atom. The van der Waals surface area contributed by atoms with Gasteiger partial charge in [-0.2, -0.15) is 0 Å². The van der Waals surface area contributed by atoms with Crippen molar-refractivity contribution in [2.45, 2.75) is 79.4 Å². The summed E-state index contributed by atoms with van der Waals surface area (Å²) in [6.07, 6.45) is 0.802. The standard InChI is InChI=1S/C18H33NO5/c1-11(2)8-13(10-15(20)24-18(5,6)7)16(21)19-14(17(22)23)9-12(3)4/h11-14H,8-10H2,1-7H3,(H,19,21)(H,22,23)/t13?,14-/m0/s1. The summed E-state index contributed by atoms with van der Waals surface area (Å²) in [5, 5.41) is 11.8. The number of nitrogens with one attached hydrogen (secondary N) is 1. The van der Waals surface area contributed by atoms with E-state index in [2.05, 4.69) is 5.32 Å². The lowest BCUT2D eigenvalue weighted by Crippen LogP contribution is -2.45. The third-order valence-electron chi connectivity index (χ3n) is 3.28. The fourth-order valence-electron chi connectivity index (χ4n) is 2.42. The summed E-state index contributed by atoms with van der Waals surface area (Å²) in [5.41, 5.74) is -0.614. The van der Waals surface area contributed by atoms with E-state index in [1.807, 2.05) is 27.7 Å². The fourth-order valence-corrected chi connectivity index (χ4v) is 2.42. The number of amides is 1. The lowest BCUT2D eigenvalue weighted by atomic mass is 9.92. The van der Waals surface area contributed by atoms with Gasteiger partial charge in [-0.05, 0) is 45.4 Å². The molecule has 0 aromatic heterocycles. The highest BCUT2D eigenvalue weighted by molar-refractivity contribution is 5.87. The maximum Gasteiger partial charge on any atom is 0.326 e. The van der Waals surface area contributed by atoms with Crippen LogP contribution >= 0.6 is 0 Å². The number of hydrogen-bond acceptors (Lipinski definition) is 4. The van der Waals surface area contributed by atoms with Crippen molar-refractivity contribution in [2.24, 2.45) is 17.8 Å². The third kappa shape index (κ3) is 10.2. The number of carbonyl (C=O) groups is 3. The summed E-state index contributed by atoms with van der Waals surface area (Å²) < 4.78 is 5.28. The van der Waals surface area contributed by atoms with Gasteiger partial charge in [-0.15, -0.1) is 0 Å². The van der Waals surface area contributed by atoms with Crippen LogP contribution in [0.1, 0.15) is 67.7 Å². The van der Waals surface area contributed by atoms with Gasteiger partial charge in [0.2, 0.25) is 5.91 Å². The average molecular weight is 343 g/mol. The molecule has 0 spiro atoms. The minimum absolute atomic E-state index is 0.0463. The van der Waals surface area contributed by atoms with E-state index in [0.29, 0.717) is 12.8 Å². The first-order valence-corrected chi connectivity index (χ1v) is 8.56. The Labute approximate surface area is 145 Å². The molecule has 1 amide bonds. The molecule has 1 unspecified atom stereocenters. The van der Waals surface area contributed by atoms with E-state index in [1.54, 1.807) is 20.8 Å². The molecule has 0 radical (unpaired) electrons. The summed E-state index contributed by atoms with van der Waals surface area (Å²) in [7, 11) is 0. The molecule has 24 heavy (non-hydrogen) atoms. The molecule has 6 heteroatoms. The molecule has 0 aromatic carbocycles. The van der Waals surface area contributed by atoms with Gasteiger partial charge >= 0.3 is 11.9 Å². The molecule has 0 aromatic rings. The first kappa shape index (κ1) is 22.4. The molecule has 0 bridgehead atoms. The number of esters is 1. The van der Waals surface area contributed by atoms with Gasteiger partial charge in [-0.3, -0.25) is 9.59 Å². The maximum absolute atomic E-state index is 12.5. The van der Waals surface area contributed by atoms with Gasteiger partial charge in [-0.1, -0.05) is 27.7 Å². The van der Waals surface area contributed by atoms with Crippen LogP contribution in [0.5, 0.6) is 0 Å². The summed E-state index contributed by atoms with van der Waals surface area (Å²) >= 11 is 0. The molecule has 140 valence electrons. The number of carboxylic acid groups (broad SMARTS) is 1. The van der Waals surface area contributed by atoms with E-state index in [0.717, 1.165) is 0 Å². The van der Waals surface area contributed by atoms with Gasteiger partial charge in [0.15, 0.2) is 0 Å². The third-order valence-corrected chi connectivity index (χ3v) is 3.28. The molecule has 0 aliphatic heterocycles. The monoisotopic (exact) mass is 343 g/mol. The van der Waals surface area contributed by atoms with Gasteiger partial charge < -0.3 is 15.2 Å². The molecule has 0 heterocycles. The molecule has 0 saturated heterocycles. The number of carboxylic acids is 1. The summed E-state index contributed by atoms with van der Waals surface area (Å²) in [6, 6.07) is -0.939. The van der Waals surface area contributed by atoms with Crippen LogP contribution in [0.15, 0.2) is 0 Å². The van der Waals surface area contributed by atoms with Crippen LogP contribution in [0.3, 0.4) is 0 Å². The van der Waals surface area contributed by atoms with Crippen molar-refractivity contribution in [3.05, 3.63) is 0 Å². The summed E-state index contributed by atoms with van der Waals surface area (Å²) in [5.74, 6) is -2.15. The Morgan fingerprint density at radius 1 is 1.00 bits per heavy atom. The van der Waals surface area contributed by atoms with E-state index < -0.39 is 35.4 Å². The molecule has 0 aliphatic rings. The van der Waals surface area contributed by atoms with Crippen LogP contribution < -0.4 is 5.32 Å². The maximum atomic E-state index is 12.5. The zero-order chi connectivity index (χ0) is 19.1. The lowest BCUT2D eigenvalue weighted by Gasteiger charge is -2.24. The van der Waals surface area contributed by atoms with E-state index in [-0.39, 0.29) is 18.3 Å². The predicted molar refractivity (Wildman–Crippen MR) is 92.4 cm³/mol. The average Bonchev–Trinajstić information content (AvgIpc) is 2.33. The summed E-state index contributed by atoms with van der Waals surface area (Å²) in [6.45, 7) is 13.0. The molecule has 2 atom stereocenters. The largest absolute Gasteiger partial charge is 0.480 e. The van der Waals surface area contributed by atoms with E-state index in [4.69, 9.17) is 4.74 Å². The van der Waals surface area contributed by atoms with Crippen molar-refractivity contribution in [3.8, 4) is 0 Å². The molecule has 0 fully saturated rings. The normalized spacial score (nSPS) is 14.4. The van der Waals surface area contributed by atoms with Crippen molar-refractivity contribution >= 4 is 17.8 Å². The van der Waals surface area contributed by atoms with Crippen molar-refractivity contribution in [2.75, 3.05) is 0 Å². The van der Waals surface area contributed by atoms with Gasteiger partial charge in [0.25, 0.3) is 0 Å². The van der Waals surface area contributed by atoms with Crippen LogP contribution in [0.2, 0.25) is 0 Å². The molecule has 2 N–H and O–H groups in total. The van der Waals surface area contributed by atoms with Crippen LogP contribution in [0.4, 0.5) is 0 Å². The Morgan fingerprint density at radius 3 is 1.88 bits per heavy atom. The van der Waals surface area contributed by atoms with Crippen LogP contribution in [-0.2, 0) is 19.1 Å². The fraction of sp³-hybridized carbons (Fsp3) is 0.833.